The number of hydrogen-bond donors (Lipinski definition) is 1. The predicted molar refractivity (Wildman–Crippen MR) is 110 cm³/mol. The first-order valence-electron chi connectivity index (χ1n) is 10.2. The first-order valence-corrected chi connectivity index (χ1v) is 10.2. The molecule has 1 aromatic carbocycles. The highest BCUT2D eigenvalue weighted by Crippen LogP contribution is 2.36. The second kappa shape index (κ2) is 7.28. The Kier molecular flexibility index (Phi) is 4.60. The molecule has 1 N–H and O–H groups in total. The molecular weight excluding hydrogens is 366 g/mol. The lowest BCUT2D eigenvalue weighted by atomic mass is 9.84. The molecule has 4 heterocycles. The average Bonchev–Trinajstić information content (AvgIpc) is 3.14. The highest BCUT2D eigenvalue weighted by Gasteiger charge is 2.49. The maximum Gasteiger partial charge on any atom is 0.270 e. The number of aryl methyl sites for hydroxylation is 1. The number of carbonyl (C=O) groups is 1. The zero-order valence-corrected chi connectivity index (χ0v) is 16.6. The van der Waals surface area contributed by atoms with Crippen LogP contribution in [0.5, 0.6) is 0 Å². The zero-order chi connectivity index (χ0) is 19.8. The van der Waals surface area contributed by atoms with Crippen molar-refractivity contribution in [3.05, 3.63) is 65.6 Å². The highest BCUT2D eigenvalue weighted by atomic mass is 16.5. The molecule has 0 radical (unpaired) electrons. The number of H-pyrrole nitrogens is 1. The van der Waals surface area contributed by atoms with Crippen LogP contribution in [-0.2, 0) is 16.1 Å². The summed E-state index contributed by atoms with van der Waals surface area (Å²) in [7, 11) is 0. The molecule has 1 unspecified atom stereocenters. The molecular formula is C23H25N3O3. The monoisotopic (exact) mass is 391 g/mol. The van der Waals surface area contributed by atoms with Crippen LogP contribution in [0.2, 0.25) is 0 Å². The fraction of sp³-hybridized carbons (Fsp3) is 0.391. The quantitative estimate of drug-likeness (QED) is 0.740. The lowest BCUT2D eigenvalue weighted by Gasteiger charge is -2.52. The Morgan fingerprint density at radius 1 is 1.28 bits per heavy atom. The van der Waals surface area contributed by atoms with Gasteiger partial charge in [-0.3, -0.25) is 9.78 Å². The van der Waals surface area contributed by atoms with E-state index in [0.29, 0.717) is 32.0 Å². The second-order valence-corrected chi connectivity index (χ2v) is 8.16. The number of aromatic nitrogens is 2. The van der Waals surface area contributed by atoms with Crippen LogP contribution in [0.15, 0.2) is 48.5 Å². The second-order valence-electron chi connectivity index (χ2n) is 8.16. The Hall–Kier alpha value is -2.70. The number of fused-ring (bicyclic) bond motifs is 1. The van der Waals surface area contributed by atoms with E-state index in [2.05, 4.69) is 9.97 Å². The van der Waals surface area contributed by atoms with E-state index in [1.165, 1.54) is 0 Å². The SMILES string of the molecule is Cc1cccc(COC2CCOC3(C2)CN(C(=O)c2cc4ccccc4[nH]2)C3)n1. The molecule has 0 saturated carbocycles. The van der Waals surface area contributed by atoms with Gasteiger partial charge in [-0.05, 0) is 37.6 Å². The minimum absolute atomic E-state index is 0.0300. The van der Waals surface area contributed by atoms with Crippen molar-refractivity contribution in [3.8, 4) is 0 Å². The third-order valence-corrected chi connectivity index (χ3v) is 5.87. The van der Waals surface area contributed by atoms with Crippen LogP contribution in [0.3, 0.4) is 0 Å². The van der Waals surface area contributed by atoms with E-state index >= 15 is 0 Å². The molecule has 2 aliphatic rings. The van der Waals surface area contributed by atoms with Gasteiger partial charge in [0.05, 0.1) is 31.5 Å². The molecule has 5 rings (SSSR count). The van der Waals surface area contributed by atoms with Gasteiger partial charge in [0.15, 0.2) is 0 Å². The van der Waals surface area contributed by atoms with Gasteiger partial charge in [0.1, 0.15) is 11.3 Å². The van der Waals surface area contributed by atoms with Gasteiger partial charge in [-0.25, -0.2) is 0 Å². The Morgan fingerprint density at radius 2 is 2.14 bits per heavy atom. The Balaban J connectivity index is 1.19. The van der Waals surface area contributed by atoms with Gasteiger partial charge in [-0.1, -0.05) is 24.3 Å². The summed E-state index contributed by atoms with van der Waals surface area (Å²) < 4.78 is 12.2. The molecule has 1 atom stereocenters. The molecule has 1 amide bonds. The molecule has 6 heteroatoms. The Morgan fingerprint density at radius 3 is 2.97 bits per heavy atom. The van der Waals surface area contributed by atoms with E-state index in [0.717, 1.165) is 35.1 Å². The molecule has 2 aliphatic heterocycles. The van der Waals surface area contributed by atoms with Crippen LogP contribution in [-0.4, -0.2) is 52.2 Å². The summed E-state index contributed by atoms with van der Waals surface area (Å²) in [6, 6.07) is 15.8. The van der Waals surface area contributed by atoms with E-state index in [1.54, 1.807) is 0 Å². The van der Waals surface area contributed by atoms with Crippen LogP contribution in [0.25, 0.3) is 10.9 Å². The van der Waals surface area contributed by atoms with Gasteiger partial charge in [0, 0.05) is 29.6 Å². The number of nitrogens with one attached hydrogen (secondary N) is 1. The summed E-state index contributed by atoms with van der Waals surface area (Å²) in [6.07, 6.45) is 1.83. The number of ether oxygens (including phenoxy) is 2. The third-order valence-electron chi connectivity index (χ3n) is 5.87. The Labute approximate surface area is 169 Å². The van der Waals surface area contributed by atoms with Crippen LogP contribution >= 0.6 is 0 Å². The van der Waals surface area contributed by atoms with Crippen LogP contribution < -0.4 is 0 Å². The molecule has 2 saturated heterocycles. The van der Waals surface area contributed by atoms with Gasteiger partial charge in [0.25, 0.3) is 5.91 Å². The molecule has 2 fully saturated rings. The fourth-order valence-corrected chi connectivity index (χ4v) is 4.38. The topological polar surface area (TPSA) is 67.5 Å². The van der Waals surface area contributed by atoms with Crippen molar-refractivity contribution in [3.63, 3.8) is 0 Å². The summed E-state index contributed by atoms with van der Waals surface area (Å²) in [5.41, 5.74) is 3.30. The fourth-order valence-electron chi connectivity index (χ4n) is 4.38. The zero-order valence-electron chi connectivity index (χ0n) is 16.6. The van der Waals surface area contributed by atoms with Crippen LogP contribution in [0, 0.1) is 6.92 Å². The van der Waals surface area contributed by atoms with Crippen molar-refractivity contribution in [1.29, 1.82) is 0 Å². The minimum atomic E-state index is -0.273. The predicted octanol–water partition coefficient (Wildman–Crippen LogP) is 3.46. The molecule has 150 valence electrons. The summed E-state index contributed by atoms with van der Waals surface area (Å²) in [5, 5.41) is 1.05. The van der Waals surface area contributed by atoms with Crippen molar-refractivity contribution >= 4 is 16.8 Å². The first kappa shape index (κ1) is 18.3. The van der Waals surface area contributed by atoms with Crippen molar-refractivity contribution in [1.82, 2.24) is 14.9 Å². The number of para-hydroxylation sites is 1. The molecule has 6 nitrogen and oxygen atoms in total. The van der Waals surface area contributed by atoms with Gasteiger partial charge in [-0.2, -0.15) is 0 Å². The maximum atomic E-state index is 12.8. The van der Waals surface area contributed by atoms with E-state index in [1.807, 2.05) is 60.4 Å². The van der Waals surface area contributed by atoms with Gasteiger partial charge < -0.3 is 19.4 Å². The average molecular weight is 391 g/mol. The molecule has 0 aliphatic carbocycles. The number of pyridine rings is 1. The number of carbonyl (C=O) groups excluding carboxylic acids is 1. The van der Waals surface area contributed by atoms with E-state index < -0.39 is 0 Å². The summed E-state index contributed by atoms with van der Waals surface area (Å²) >= 11 is 0. The molecule has 1 spiro atoms. The lowest BCUT2D eigenvalue weighted by molar-refractivity contribution is -0.188. The van der Waals surface area contributed by atoms with Crippen molar-refractivity contribution < 1.29 is 14.3 Å². The number of rotatable bonds is 4. The van der Waals surface area contributed by atoms with Crippen molar-refractivity contribution in [2.24, 2.45) is 0 Å². The minimum Gasteiger partial charge on any atom is -0.372 e. The summed E-state index contributed by atoms with van der Waals surface area (Å²) in [4.78, 5) is 22.4. The van der Waals surface area contributed by atoms with Crippen LogP contribution in [0.1, 0.15) is 34.7 Å². The van der Waals surface area contributed by atoms with Gasteiger partial charge >= 0.3 is 0 Å². The molecule has 3 aromatic rings. The van der Waals surface area contributed by atoms with Gasteiger partial charge in [-0.15, -0.1) is 0 Å². The Bertz CT molecular complexity index is 1010. The molecule has 2 aromatic heterocycles. The lowest BCUT2D eigenvalue weighted by Crippen LogP contribution is -2.67. The molecule has 29 heavy (non-hydrogen) atoms. The normalized spacial score (nSPS) is 20.7. The largest absolute Gasteiger partial charge is 0.372 e. The number of likely N-dealkylation sites (tertiary alicyclic amines) is 1. The summed E-state index contributed by atoms with van der Waals surface area (Å²) in [6.45, 7) is 4.40. The highest BCUT2D eigenvalue weighted by molar-refractivity contribution is 5.98. The third kappa shape index (κ3) is 3.66. The van der Waals surface area contributed by atoms with Crippen molar-refractivity contribution in [2.75, 3.05) is 19.7 Å². The maximum absolute atomic E-state index is 12.8. The smallest absolute Gasteiger partial charge is 0.270 e. The number of benzene rings is 1. The number of nitrogens with zero attached hydrogens (tertiary/aromatic N) is 2. The molecule has 0 bridgehead atoms. The van der Waals surface area contributed by atoms with Crippen molar-refractivity contribution in [2.45, 2.75) is 38.1 Å². The van der Waals surface area contributed by atoms with E-state index in [4.69, 9.17) is 9.47 Å². The van der Waals surface area contributed by atoms with Crippen LogP contribution in [0.4, 0.5) is 0 Å². The summed E-state index contributed by atoms with van der Waals surface area (Å²) in [5.74, 6) is 0.0300. The first-order chi connectivity index (χ1) is 14.1. The van der Waals surface area contributed by atoms with E-state index in [-0.39, 0.29) is 17.6 Å². The number of aromatic amines is 1. The van der Waals surface area contributed by atoms with Gasteiger partial charge in [0.2, 0.25) is 0 Å². The number of amides is 1. The van der Waals surface area contributed by atoms with E-state index in [9.17, 15) is 4.79 Å². The number of hydrogen-bond acceptors (Lipinski definition) is 4. The standard InChI is InChI=1S/C23H25N3O3/c1-16-5-4-7-18(24-16)13-28-19-9-10-29-23(12-19)14-26(15-23)22(27)21-11-17-6-2-3-8-20(17)25-21/h2-8,11,19,25H,9-10,12-15H2,1H3.